The van der Waals surface area contributed by atoms with Crippen molar-refractivity contribution in [2.45, 2.75) is 18.6 Å². The highest BCUT2D eigenvalue weighted by molar-refractivity contribution is 14.1. The third-order valence-electron chi connectivity index (χ3n) is 5.98. The molecule has 3 fully saturated rings. The average Bonchev–Trinajstić information content (AvgIpc) is 3.30. The van der Waals surface area contributed by atoms with Gasteiger partial charge in [-0.3, -0.25) is 9.59 Å². The molecule has 0 spiro atoms. The Labute approximate surface area is 225 Å². The van der Waals surface area contributed by atoms with E-state index in [1.165, 1.54) is 0 Å². The molecular formula is C19H18I3NO8S. The lowest BCUT2D eigenvalue weighted by Crippen LogP contribution is -2.44. The van der Waals surface area contributed by atoms with Gasteiger partial charge in [0, 0.05) is 29.1 Å². The van der Waals surface area contributed by atoms with E-state index in [4.69, 9.17) is 14.2 Å². The van der Waals surface area contributed by atoms with E-state index in [1.54, 1.807) is 6.07 Å². The summed E-state index contributed by atoms with van der Waals surface area (Å²) in [6.07, 6.45) is 0.250. The van der Waals surface area contributed by atoms with Crippen LogP contribution in [0.25, 0.3) is 0 Å². The van der Waals surface area contributed by atoms with E-state index >= 15 is 0 Å². The highest BCUT2D eigenvalue weighted by Gasteiger charge is 2.70. The van der Waals surface area contributed by atoms with Crippen LogP contribution in [0.15, 0.2) is 12.1 Å². The van der Waals surface area contributed by atoms with Crippen LogP contribution >= 0.6 is 67.8 Å². The third-order valence-corrected chi connectivity index (χ3v) is 10.4. The van der Waals surface area contributed by atoms with Crippen molar-refractivity contribution < 1.29 is 37.0 Å². The van der Waals surface area contributed by atoms with Crippen molar-refractivity contribution in [3.8, 4) is 0 Å². The summed E-state index contributed by atoms with van der Waals surface area (Å²) in [5, 5.41) is 0. The van der Waals surface area contributed by atoms with Gasteiger partial charge >= 0.3 is 17.9 Å². The van der Waals surface area contributed by atoms with E-state index in [9.17, 15) is 22.8 Å². The zero-order valence-electron chi connectivity index (χ0n) is 16.5. The van der Waals surface area contributed by atoms with Crippen molar-refractivity contribution in [1.29, 1.82) is 0 Å². The molecule has 32 heavy (non-hydrogen) atoms. The molecule has 1 aromatic rings. The first-order valence-corrected chi connectivity index (χ1v) is 14.8. The zero-order valence-corrected chi connectivity index (χ0v) is 23.8. The molecule has 6 unspecified atom stereocenters. The molecule has 1 aliphatic heterocycles. The number of sulfonamides is 1. The van der Waals surface area contributed by atoms with Gasteiger partial charge in [-0.1, -0.05) is 0 Å². The molecule has 13 heteroatoms. The first kappa shape index (κ1) is 24.8. The molecule has 1 heterocycles. The maximum Gasteiger partial charge on any atom is 0.339 e. The summed E-state index contributed by atoms with van der Waals surface area (Å²) >= 11 is 6.37. The van der Waals surface area contributed by atoms with Crippen LogP contribution in [0.3, 0.4) is 0 Å². The summed E-state index contributed by atoms with van der Waals surface area (Å²) in [5.74, 6) is -3.59. The standard InChI is InChI=1S/C19H18I3NO8S/c1-32(27,28)23-2-3-29-18(25)12-8-6-9-13(12)19(26)31-16(9)15(8)30-17(24)10-4-7(20)5-11(21)14(10)22/h4-5,8-9,12-13,15-16,23H,2-3,6H2,1H3. The normalized spacial score (nSPS) is 30.3. The number of hydrogen-bond donors (Lipinski definition) is 1. The summed E-state index contributed by atoms with van der Waals surface area (Å²) in [6.45, 7) is -0.222. The molecule has 0 amide bonds. The molecule has 0 aromatic heterocycles. The fourth-order valence-electron chi connectivity index (χ4n) is 4.84. The summed E-state index contributed by atoms with van der Waals surface area (Å²) in [7, 11) is -3.40. The summed E-state index contributed by atoms with van der Waals surface area (Å²) in [4.78, 5) is 38.2. The van der Waals surface area contributed by atoms with Crippen LogP contribution in [0.1, 0.15) is 16.8 Å². The molecule has 1 saturated heterocycles. The molecule has 1 aromatic carbocycles. The predicted octanol–water partition coefficient (Wildman–Crippen LogP) is 1.93. The molecule has 2 bridgehead atoms. The Morgan fingerprint density at radius 3 is 2.62 bits per heavy atom. The number of halogens is 3. The Balaban J connectivity index is 1.49. The van der Waals surface area contributed by atoms with Crippen molar-refractivity contribution in [3.63, 3.8) is 0 Å². The lowest BCUT2D eigenvalue weighted by Gasteiger charge is -2.30. The largest absolute Gasteiger partial charge is 0.464 e. The maximum atomic E-state index is 13.0. The van der Waals surface area contributed by atoms with Gasteiger partial charge in [0.2, 0.25) is 10.0 Å². The van der Waals surface area contributed by atoms with Gasteiger partial charge in [0.1, 0.15) is 18.8 Å². The number of nitrogens with one attached hydrogen (secondary N) is 1. The van der Waals surface area contributed by atoms with Gasteiger partial charge in [-0.15, -0.1) is 0 Å². The molecule has 6 atom stereocenters. The number of ether oxygens (including phenoxy) is 3. The van der Waals surface area contributed by atoms with E-state index in [0.717, 1.165) is 17.0 Å². The number of carbonyl (C=O) groups excluding carboxylic acids is 3. The lowest BCUT2D eigenvalue weighted by molar-refractivity contribution is -0.156. The average molecular weight is 801 g/mol. The quantitative estimate of drug-likeness (QED) is 0.146. The zero-order chi connectivity index (χ0) is 23.4. The van der Waals surface area contributed by atoms with Crippen LogP contribution in [-0.4, -0.2) is 57.9 Å². The molecule has 4 rings (SSSR count). The fraction of sp³-hybridized carbons (Fsp3) is 0.526. The van der Waals surface area contributed by atoms with Crippen LogP contribution in [0.4, 0.5) is 0 Å². The minimum Gasteiger partial charge on any atom is -0.464 e. The van der Waals surface area contributed by atoms with E-state index < -0.39 is 52.0 Å². The Morgan fingerprint density at radius 2 is 1.94 bits per heavy atom. The number of carbonyl (C=O) groups is 3. The Bertz CT molecular complexity index is 1090. The maximum absolute atomic E-state index is 13.0. The molecule has 0 radical (unpaired) electrons. The molecule has 174 valence electrons. The van der Waals surface area contributed by atoms with Crippen molar-refractivity contribution in [2.24, 2.45) is 23.7 Å². The van der Waals surface area contributed by atoms with E-state index in [0.29, 0.717) is 12.0 Å². The van der Waals surface area contributed by atoms with E-state index in [1.807, 2.05) is 6.07 Å². The van der Waals surface area contributed by atoms with Gasteiger partial charge in [0.05, 0.1) is 23.7 Å². The first-order chi connectivity index (χ1) is 15.0. The van der Waals surface area contributed by atoms with Crippen LogP contribution in [0.5, 0.6) is 0 Å². The number of benzene rings is 1. The number of rotatable bonds is 7. The van der Waals surface area contributed by atoms with E-state index in [-0.39, 0.29) is 25.0 Å². The second kappa shape index (κ2) is 9.41. The molecule has 1 N–H and O–H groups in total. The molecule has 3 aliphatic rings. The third kappa shape index (κ3) is 4.77. The molecule has 9 nitrogen and oxygen atoms in total. The number of fused-ring (bicyclic) bond motifs is 1. The minimum absolute atomic E-state index is 0.0642. The predicted molar refractivity (Wildman–Crippen MR) is 136 cm³/mol. The van der Waals surface area contributed by atoms with Gasteiger partial charge in [0.15, 0.2) is 0 Å². The topological polar surface area (TPSA) is 125 Å². The van der Waals surface area contributed by atoms with Gasteiger partial charge < -0.3 is 14.2 Å². The van der Waals surface area contributed by atoms with Crippen molar-refractivity contribution in [2.75, 3.05) is 19.4 Å². The lowest BCUT2D eigenvalue weighted by atomic mass is 9.78. The van der Waals surface area contributed by atoms with E-state index in [2.05, 4.69) is 72.5 Å². The number of hydrogen-bond acceptors (Lipinski definition) is 8. The molecule has 2 saturated carbocycles. The van der Waals surface area contributed by atoms with Crippen molar-refractivity contribution in [3.05, 3.63) is 28.4 Å². The number of esters is 3. The Hall–Kier alpha value is -0.270. The first-order valence-electron chi connectivity index (χ1n) is 9.65. The minimum atomic E-state index is -3.40. The Kier molecular flexibility index (Phi) is 7.30. The van der Waals surface area contributed by atoms with Crippen LogP contribution in [0.2, 0.25) is 0 Å². The smallest absolute Gasteiger partial charge is 0.339 e. The van der Waals surface area contributed by atoms with Gasteiger partial charge in [-0.2, -0.15) is 0 Å². The SMILES string of the molecule is CS(=O)(=O)NCCOC(=O)C1C2CC3C(OC(=O)C31)C2OC(=O)c1cc(I)cc(I)c1I. The summed E-state index contributed by atoms with van der Waals surface area (Å²) in [5.41, 5.74) is 0.427. The second-order valence-electron chi connectivity index (χ2n) is 7.97. The van der Waals surface area contributed by atoms with Crippen LogP contribution in [0, 0.1) is 34.4 Å². The van der Waals surface area contributed by atoms with Gasteiger partial charge in [0.25, 0.3) is 0 Å². The fourth-order valence-corrected chi connectivity index (χ4v) is 7.67. The molecule has 2 aliphatic carbocycles. The van der Waals surface area contributed by atoms with Crippen LogP contribution in [-0.2, 0) is 33.8 Å². The molecular weight excluding hydrogens is 783 g/mol. The van der Waals surface area contributed by atoms with Gasteiger partial charge in [-0.25, -0.2) is 17.9 Å². The summed E-state index contributed by atoms with van der Waals surface area (Å²) < 4.78 is 43.7. The summed E-state index contributed by atoms with van der Waals surface area (Å²) in [6, 6.07) is 3.69. The van der Waals surface area contributed by atoms with Crippen molar-refractivity contribution in [1.82, 2.24) is 4.72 Å². The highest BCUT2D eigenvalue weighted by atomic mass is 127. The van der Waals surface area contributed by atoms with Crippen LogP contribution < -0.4 is 4.72 Å². The highest BCUT2D eigenvalue weighted by Crippen LogP contribution is 2.59. The monoisotopic (exact) mass is 801 g/mol. The van der Waals surface area contributed by atoms with Gasteiger partial charge in [-0.05, 0) is 86.3 Å². The van der Waals surface area contributed by atoms with Crippen molar-refractivity contribution >= 4 is 95.7 Å². The Morgan fingerprint density at radius 1 is 1.22 bits per heavy atom. The second-order valence-corrected chi connectivity index (χ2v) is 13.3.